The summed E-state index contributed by atoms with van der Waals surface area (Å²) in [6.07, 6.45) is 5.10. The Morgan fingerprint density at radius 2 is 1.27 bits per heavy atom. The van der Waals surface area contributed by atoms with Crippen molar-refractivity contribution in [3.63, 3.8) is 0 Å². The van der Waals surface area contributed by atoms with Gasteiger partial charge in [-0.2, -0.15) is 0 Å². The topological polar surface area (TPSA) is 40.5 Å². The first-order valence-corrected chi connectivity index (χ1v) is 7.42. The number of allylic oxidation sites excluding steroid dienone is 2. The highest BCUT2D eigenvalue weighted by molar-refractivity contribution is 5.46. The third kappa shape index (κ3) is 3.40. The van der Waals surface area contributed by atoms with Crippen LogP contribution in [0.4, 0.5) is 0 Å². The molecule has 0 saturated heterocycles. The number of phenolic OH excluding ortho intramolecular Hbond substituents is 2. The van der Waals surface area contributed by atoms with Crippen LogP contribution in [0.3, 0.4) is 0 Å². The predicted molar refractivity (Wildman–Crippen MR) is 91.5 cm³/mol. The number of rotatable bonds is 6. The zero-order valence-corrected chi connectivity index (χ0v) is 12.9. The summed E-state index contributed by atoms with van der Waals surface area (Å²) >= 11 is 0. The van der Waals surface area contributed by atoms with Crippen molar-refractivity contribution in [2.24, 2.45) is 0 Å². The molecule has 2 nitrogen and oxygen atoms in total. The molecule has 0 aromatic heterocycles. The average Bonchev–Trinajstić information content (AvgIpc) is 2.48. The molecule has 0 atom stereocenters. The zero-order valence-electron chi connectivity index (χ0n) is 12.9. The number of phenols is 2. The summed E-state index contributed by atoms with van der Waals surface area (Å²) in [5, 5.41) is 19.4. The van der Waals surface area contributed by atoms with E-state index in [-0.39, 0.29) is 17.4 Å². The Morgan fingerprint density at radius 3 is 1.64 bits per heavy atom. The van der Waals surface area contributed by atoms with E-state index < -0.39 is 0 Å². The zero-order chi connectivity index (χ0) is 16.1. The van der Waals surface area contributed by atoms with Crippen molar-refractivity contribution in [1.82, 2.24) is 0 Å². The molecular formula is C20H22O2. The summed E-state index contributed by atoms with van der Waals surface area (Å²) in [5.74, 6) is 0.695. The molecule has 2 rings (SSSR count). The first-order valence-electron chi connectivity index (χ1n) is 7.42. The minimum absolute atomic E-state index is 0.158. The molecule has 0 saturated carbocycles. The van der Waals surface area contributed by atoms with Gasteiger partial charge in [-0.1, -0.05) is 31.2 Å². The van der Waals surface area contributed by atoms with Gasteiger partial charge in [0.05, 0.1) is 0 Å². The van der Waals surface area contributed by atoms with Crippen LogP contribution in [0.5, 0.6) is 11.5 Å². The van der Waals surface area contributed by atoms with Gasteiger partial charge in [-0.05, 0) is 59.4 Å². The van der Waals surface area contributed by atoms with E-state index in [2.05, 4.69) is 20.1 Å². The molecule has 0 radical (unpaired) electrons. The van der Waals surface area contributed by atoms with E-state index in [1.807, 2.05) is 24.3 Å². The fraction of sp³-hybridized carbons (Fsp3) is 0.200. The summed E-state index contributed by atoms with van der Waals surface area (Å²) in [6, 6.07) is 10.9. The molecule has 0 aliphatic rings. The van der Waals surface area contributed by atoms with Crippen molar-refractivity contribution in [2.45, 2.75) is 25.7 Å². The number of aromatic hydroxyl groups is 2. The first kappa shape index (κ1) is 15.9. The monoisotopic (exact) mass is 294 g/mol. The van der Waals surface area contributed by atoms with E-state index in [9.17, 15) is 10.2 Å². The van der Waals surface area contributed by atoms with Crippen LogP contribution in [0.1, 0.15) is 35.1 Å². The van der Waals surface area contributed by atoms with E-state index in [0.29, 0.717) is 12.8 Å². The number of hydrogen-bond donors (Lipinski definition) is 2. The maximum Gasteiger partial charge on any atom is 0.115 e. The highest BCUT2D eigenvalue weighted by Gasteiger charge is 2.16. The van der Waals surface area contributed by atoms with Gasteiger partial charge < -0.3 is 10.2 Å². The average molecular weight is 294 g/mol. The van der Waals surface area contributed by atoms with Gasteiger partial charge in [0.15, 0.2) is 0 Å². The molecule has 0 heterocycles. The van der Waals surface area contributed by atoms with E-state index in [0.717, 1.165) is 22.3 Å². The maximum absolute atomic E-state index is 9.71. The molecule has 0 unspecified atom stereocenters. The van der Waals surface area contributed by atoms with Gasteiger partial charge in [0.25, 0.3) is 0 Å². The van der Waals surface area contributed by atoms with Crippen molar-refractivity contribution in [2.75, 3.05) is 0 Å². The van der Waals surface area contributed by atoms with Gasteiger partial charge in [0, 0.05) is 5.92 Å². The molecule has 0 aliphatic carbocycles. The van der Waals surface area contributed by atoms with Crippen LogP contribution in [-0.2, 0) is 12.8 Å². The van der Waals surface area contributed by atoms with E-state index in [1.54, 1.807) is 24.3 Å². The Bertz CT molecular complexity index is 627. The fourth-order valence-corrected chi connectivity index (χ4v) is 2.86. The first-order chi connectivity index (χ1) is 10.6. The van der Waals surface area contributed by atoms with E-state index in [1.165, 1.54) is 0 Å². The van der Waals surface area contributed by atoms with Crippen LogP contribution >= 0.6 is 0 Å². The molecular weight excluding hydrogens is 272 g/mol. The van der Waals surface area contributed by atoms with Crippen LogP contribution < -0.4 is 0 Å². The normalized spacial score (nSPS) is 10.6. The summed E-state index contributed by atoms with van der Waals surface area (Å²) in [5.41, 5.74) is 4.46. The summed E-state index contributed by atoms with van der Waals surface area (Å²) in [4.78, 5) is 0. The second-order valence-corrected chi connectivity index (χ2v) is 5.47. The Kier molecular flexibility index (Phi) is 5.05. The summed E-state index contributed by atoms with van der Waals surface area (Å²) in [6.45, 7) is 9.72. The smallest absolute Gasteiger partial charge is 0.115 e. The Labute approximate surface area is 132 Å². The minimum atomic E-state index is 0.158. The van der Waals surface area contributed by atoms with E-state index >= 15 is 0 Å². The molecule has 2 N–H and O–H groups in total. The molecule has 0 spiro atoms. The van der Waals surface area contributed by atoms with Gasteiger partial charge in [-0.15, -0.1) is 13.2 Å². The predicted octanol–water partition coefficient (Wildman–Crippen LogP) is 4.71. The third-order valence-corrected chi connectivity index (χ3v) is 3.91. The van der Waals surface area contributed by atoms with E-state index in [4.69, 9.17) is 0 Å². The van der Waals surface area contributed by atoms with Crippen LogP contribution in [-0.4, -0.2) is 10.2 Å². The second-order valence-electron chi connectivity index (χ2n) is 5.47. The van der Waals surface area contributed by atoms with Crippen molar-refractivity contribution in [3.8, 4) is 11.5 Å². The van der Waals surface area contributed by atoms with Crippen LogP contribution in [0.15, 0.2) is 61.7 Å². The lowest BCUT2D eigenvalue weighted by molar-refractivity contribution is 0.474. The van der Waals surface area contributed by atoms with Gasteiger partial charge in [-0.25, -0.2) is 0 Å². The summed E-state index contributed by atoms with van der Waals surface area (Å²) < 4.78 is 0. The van der Waals surface area contributed by atoms with Crippen molar-refractivity contribution < 1.29 is 10.2 Å². The fourth-order valence-electron chi connectivity index (χ4n) is 2.86. The molecule has 0 aliphatic heterocycles. The molecule has 2 heteroatoms. The standard InChI is InChI=1S/C20H22O2/c1-4-6-15-12-17(21)8-10-19(15)14(3)20-11-9-18(22)13-16(20)7-5-2/h4-5,8-14,21-22H,1-2,6-7H2,3H3. The number of hydrogen-bond acceptors (Lipinski definition) is 2. The van der Waals surface area contributed by atoms with Crippen LogP contribution in [0.25, 0.3) is 0 Å². The van der Waals surface area contributed by atoms with Crippen molar-refractivity contribution in [3.05, 3.63) is 84.0 Å². The van der Waals surface area contributed by atoms with Gasteiger partial charge >= 0.3 is 0 Å². The Balaban J connectivity index is 2.50. The Hall–Kier alpha value is -2.48. The molecule has 2 aromatic carbocycles. The maximum atomic E-state index is 9.71. The summed E-state index contributed by atoms with van der Waals surface area (Å²) in [7, 11) is 0. The molecule has 0 fully saturated rings. The Morgan fingerprint density at radius 1 is 0.864 bits per heavy atom. The highest BCUT2D eigenvalue weighted by atomic mass is 16.3. The molecule has 2 aromatic rings. The molecule has 22 heavy (non-hydrogen) atoms. The highest BCUT2D eigenvalue weighted by Crippen LogP contribution is 2.33. The van der Waals surface area contributed by atoms with Gasteiger partial charge in [0.1, 0.15) is 11.5 Å². The molecule has 0 amide bonds. The third-order valence-electron chi connectivity index (χ3n) is 3.91. The van der Waals surface area contributed by atoms with Crippen molar-refractivity contribution in [1.29, 1.82) is 0 Å². The van der Waals surface area contributed by atoms with Crippen LogP contribution in [0, 0.1) is 0 Å². The van der Waals surface area contributed by atoms with Gasteiger partial charge in [0.2, 0.25) is 0 Å². The molecule has 114 valence electrons. The lowest BCUT2D eigenvalue weighted by atomic mass is 9.85. The SMILES string of the molecule is C=CCc1cc(O)ccc1C(C)c1ccc(O)cc1CC=C. The number of benzene rings is 2. The van der Waals surface area contributed by atoms with Crippen LogP contribution in [0.2, 0.25) is 0 Å². The minimum Gasteiger partial charge on any atom is -0.508 e. The van der Waals surface area contributed by atoms with Gasteiger partial charge in [-0.3, -0.25) is 0 Å². The van der Waals surface area contributed by atoms with Crippen molar-refractivity contribution >= 4 is 0 Å². The largest absolute Gasteiger partial charge is 0.508 e. The molecule has 0 bridgehead atoms. The second kappa shape index (κ2) is 6.99. The quantitative estimate of drug-likeness (QED) is 0.758. The lowest BCUT2D eigenvalue weighted by Crippen LogP contribution is -2.04. The lowest BCUT2D eigenvalue weighted by Gasteiger charge is -2.20.